The van der Waals surface area contributed by atoms with Crippen LogP contribution in [0.4, 0.5) is 33.5 Å². The van der Waals surface area contributed by atoms with Crippen molar-refractivity contribution in [3.8, 4) is 5.88 Å². The second-order valence-corrected chi connectivity index (χ2v) is 17.8. The molecular formula is C46H54N10O6. The third kappa shape index (κ3) is 8.73. The molecule has 3 saturated heterocycles. The number of nitrogens with zero attached hydrogens (tertiary/aromatic N) is 8. The number of aromatic nitrogens is 3. The number of carbonyl (C=O) groups is 4. The van der Waals surface area contributed by atoms with Crippen LogP contribution in [0.2, 0.25) is 0 Å². The zero-order valence-corrected chi connectivity index (χ0v) is 35.9. The molecule has 4 amide bonds. The van der Waals surface area contributed by atoms with Gasteiger partial charge in [-0.2, -0.15) is 0 Å². The lowest BCUT2D eigenvalue weighted by Gasteiger charge is -2.49. The lowest BCUT2D eigenvalue weighted by atomic mass is 9.90. The number of piperazine rings is 1. The molecule has 5 aliphatic heterocycles. The van der Waals surface area contributed by atoms with Crippen LogP contribution < -0.4 is 30.1 Å². The number of hydrogen-bond acceptors (Lipinski definition) is 13. The molecule has 324 valence electrons. The first-order chi connectivity index (χ1) is 29.8. The van der Waals surface area contributed by atoms with Gasteiger partial charge >= 0.3 is 6.09 Å². The summed E-state index contributed by atoms with van der Waals surface area (Å²) in [6.07, 6.45) is 5.27. The predicted octanol–water partition coefficient (Wildman–Crippen LogP) is 4.72. The Balaban J connectivity index is 0.766. The van der Waals surface area contributed by atoms with E-state index in [1.54, 1.807) is 4.90 Å². The van der Waals surface area contributed by atoms with Crippen molar-refractivity contribution in [2.75, 3.05) is 79.0 Å². The fourth-order valence-electron chi connectivity index (χ4n) is 9.05. The van der Waals surface area contributed by atoms with Gasteiger partial charge in [-0.05, 0) is 81.5 Å². The van der Waals surface area contributed by atoms with Gasteiger partial charge in [0.05, 0.1) is 43.0 Å². The van der Waals surface area contributed by atoms with Crippen molar-refractivity contribution >= 4 is 52.5 Å². The summed E-state index contributed by atoms with van der Waals surface area (Å²) in [4.78, 5) is 75.4. The van der Waals surface area contributed by atoms with Crippen LogP contribution in [0.3, 0.4) is 0 Å². The monoisotopic (exact) mass is 842 g/mol. The lowest BCUT2D eigenvalue weighted by Crippen LogP contribution is -2.63. The summed E-state index contributed by atoms with van der Waals surface area (Å²) in [5, 5.41) is 5.82. The maximum absolute atomic E-state index is 13.5. The van der Waals surface area contributed by atoms with Crippen LogP contribution in [0.5, 0.6) is 5.88 Å². The number of nitrogens with one attached hydrogen (secondary N) is 2. The molecule has 0 radical (unpaired) electrons. The van der Waals surface area contributed by atoms with Gasteiger partial charge in [0.15, 0.2) is 0 Å². The second kappa shape index (κ2) is 16.9. The average molecular weight is 843 g/mol. The van der Waals surface area contributed by atoms with Crippen LogP contribution >= 0.6 is 0 Å². The highest BCUT2D eigenvalue weighted by Crippen LogP contribution is 2.40. The Morgan fingerprint density at radius 3 is 2.48 bits per heavy atom. The van der Waals surface area contributed by atoms with E-state index in [0.29, 0.717) is 75.6 Å². The van der Waals surface area contributed by atoms with Gasteiger partial charge in [0.25, 0.3) is 0 Å². The highest BCUT2D eigenvalue weighted by atomic mass is 16.6. The van der Waals surface area contributed by atoms with Gasteiger partial charge in [0.1, 0.15) is 17.9 Å². The van der Waals surface area contributed by atoms with Crippen molar-refractivity contribution in [3.63, 3.8) is 0 Å². The van der Waals surface area contributed by atoms with Gasteiger partial charge in [0.2, 0.25) is 29.5 Å². The van der Waals surface area contributed by atoms with Gasteiger partial charge in [-0.3, -0.25) is 29.5 Å². The van der Waals surface area contributed by atoms with Gasteiger partial charge in [-0.1, -0.05) is 24.3 Å². The van der Waals surface area contributed by atoms with Gasteiger partial charge < -0.3 is 29.5 Å². The van der Waals surface area contributed by atoms with Crippen LogP contribution in [-0.2, 0) is 38.5 Å². The van der Waals surface area contributed by atoms with Crippen LogP contribution in [0, 0.1) is 6.92 Å². The van der Waals surface area contributed by atoms with E-state index in [1.165, 1.54) is 0 Å². The zero-order chi connectivity index (χ0) is 43.1. The van der Waals surface area contributed by atoms with Crippen LogP contribution in [-0.4, -0.2) is 119 Å². The third-order valence-electron chi connectivity index (χ3n) is 12.5. The topological polar surface area (TPSA) is 166 Å². The maximum atomic E-state index is 13.5. The van der Waals surface area contributed by atoms with Crippen molar-refractivity contribution in [1.29, 1.82) is 0 Å². The molecule has 2 aromatic carbocycles. The summed E-state index contributed by atoms with van der Waals surface area (Å²) in [7, 11) is 0. The number of carbonyl (C=O) groups excluding carboxylic acids is 4. The molecule has 0 spiro atoms. The summed E-state index contributed by atoms with van der Waals surface area (Å²) in [6.45, 7) is 14.5. The fraction of sp³-hybridized carbons (Fsp3) is 0.457. The molecule has 9 rings (SSSR count). The molecule has 3 fully saturated rings. The Kier molecular flexibility index (Phi) is 11.2. The summed E-state index contributed by atoms with van der Waals surface area (Å²) in [6, 6.07) is 16.5. The second-order valence-electron chi connectivity index (χ2n) is 17.8. The minimum absolute atomic E-state index is 0.117. The highest BCUT2D eigenvalue weighted by Gasteiger charge is 2.36. The number of benzene rings is 2. The van der Waals surface area contributed by atoms with E-state index >= 15 is 0 Å². The largest absolute Gasteiger partial charge is 0.474 e. The Hall–Kier alpha value is -6.29. The van der Waals surface area contributed by atoms with E-state index in [9.17, 15) is 19.2 Å². The Bertz CT molecular complexity index is 2370. The summed E-state index contributed by atoms with van der Waals surface area (Å²) < 4.78 is 11.6. The molecule has 16 nitrogen and oxygen atoms in total. The smallest absolute Gasteiger partial charge is 0.415 e. The highest BCUT2D eigenvalue weighted by molar-refractivity contribution is 6.01. The first-order valence-electron chi connectivity index (χ1n) is 21.6. The van der Waals surface area contributed by atoms with Crippen LogP contribution in [0.25, 0.3) is 0 Å². The van der Waals surface area contributed by atoms with Crippen molar-refractivity contribution in [2.24, 2.45) is 0 Å². The Labute approximate surface area is 361 Å². The first-order valence-corrected chi connectivity index (χ1v) is 21.6. The molecule has 62 heavy (non-hydrogen) atoms. The number of piperidine rings is 1. The van der Waals surface area contributed by atoms with E-state index in [-0.39, 0.29) is 23.6 Å². The molecule has 4 aromatic rings. The number of fused-ring (bicyclic) bond motifs is 2. The number of hydrogen-bond donors (Lipinski definition) is 2. The molecule has 0 saturated carbocycles. The third-order valence-corrected chi connectivity index (χ3v) is 12.5. The molecule has 0 bridgehead atoms. The molecular weight excluding hydrogens is 789 g/mol. The van der Waals surface area contributed by atoms with E-state index in [2.05, 4.69) is 47.4 Å². The standard InChI is InChI=1S/C46H54N10O6/c1-29-38(25-47-43-41(29)56(20-21-61-43)45(60)62-46(2,3)4)54-15-14-32-24-48-44(50-37(32)28-54)49-33-7-5-6-30(22-33)23-40(58)53-18-16-52(17-19-53)35-26-55(27-35)34-10-8-31(9-11-34)36-12-13-39(57)51-42(36)59/h5-11,22,24-25,35-36H,12-21,23,26-28H2,1-4H3,(H,48,49,50)(H,51,57,59). The molecule has 2 N–H and O–H groups in total. The van der Waals surface area contributed by atoms with Gasteiger partial charge in [-0.25, -0.2) is 19.7 Å². The van der Waals surface area contributed by atoms with E-state index < -0.39 is 11.7 Å². The quantitative estimate of drug-likeness (QED) is 0.235. The number of amides is 4. The van der Waals surface area contributed by atoms with E-state index in [1.807, 2.05) is 81.4 Å². The molecule has 1 atom stereocenters. The van der Waals surface area contributed by atoms with Crippen LogP contribution in [0.1, 0.15) is 67.5 Å². The molecule has 1 unspecified atom stereocenters. The van der Waals surface area contributed by atoms with Crippen molar-refractivity contribution in [3.05, 3.63) is 88.9 Å². The van der Waals surface area contributed by atoms with Crippen molar-refractivity contribution < 1.29 is 28.7 Å². The molecule has 16 heteroatoms. The predicted molar refractivity (Wildman–Crippen MR) is 234 cm³/mol. The maximum Gasteiger partial charge on any atom is 0.415 e. The Morgan fingerprint density at radius 1 is 0.935 bits per heavy atom. The normalized spacial score (nSPS) is 19.5. The summed E-state index contributed by atoms with van der Waals surface area (Å²) in [5.41, 5.74) is 7.60. The molecule has 5 aliphatic rings. The van der Waals surface area contributed by atoms with Crippen molar-refractivity contribution in [2.45, 2.75) is 77.5 Å². The van der Waals surface area contributed by atoms with E-state index in [4.69, 9.17) is 14.5 Å². The van der Waals surface area contributed by atoms with Crippen molar-refractivity contribution in [1.82, 2.24) is 30.1 Å². The number of ether oxygens (including phenoxy) is 2. The van der Waals surface area contributed by atoms with Crippen LogP contribution in [0.15, 0.2) is 60.9 Å². The van der Waals surface area contributed by atoms with Gasteiger partial charge in [-0.15, -0.1) is 0 Å². The number of imide groups is 1. The zero-order valence-electron chi connectivity index (χ0n) is 35.9. The fourth-order valence-corrected chi connectivity index (χ4v) is 9.05. The average Bonchev–Trinajstić information content (AvgIpc) is 3.23. The lowest BCUT2D eigenvalue weighted by molar-refractivity contribution is -0.134. The van der Waals surface area contributed by atoms with Gasteiger partial charge in [0, 0.05) is 81.4 Å². The molecule has 2 aromatic heterocycles. The SMILES string of the molecule is Cc1c(N2CCc3cnc(Nc4cccc(CC(=O)N5CCN(C6CN(c7ccc(C8CCC(=O)NC8=O)cc7)C6)CC5)c4)nc3C2)cnc2c1N(C(=O)OC(C)(C)C)CCO2. The molecule has 7 heterocycles. The molecule has 0 aliphatic carbocycles. The van der Waals surface area contributed by atoms with E-state index in [0.717, 1.165) is 84.2 Å². The minimum atomic E-state index is -0.630. The summed E-state index contributed by atoms with van der Waals surface area (Å²) in [5.74, 6) is 0.338. The number of pyridine rings is 1. The number of anilines is 5. The number of rotatable bonds is 8. The Morgan fingerprint density at radius 2 is 1.73 bits per heavy atom. The minimum Gasteiger partial charge on any atom is -0.474 e. The summed E-state index contributed by atoms with van der Waals surface area (Å²) >= 11 is 0. The first kappa shape index (κ1) is 41.1.